The molecular weight excluding hydrogens is 302 g/mol. The number of hydrogen-bond donors (Lipinski definition) is 1. The van der Waals surface area contributed by atoms with Gasteiger partial charge in [0.15, 0.2) is 0 Å². The molecule has 94 valence electrons. The molecule has 0 saturated heterocycles. The molecule has 0 aliphatic heterocycles. The molecule has 0 atom stereocenters. The average molecular weight is 308 g/mol. The Hall–Kier alpha value is -1.30. The molecular formula is C10H5Cl3N2O3. The molecule has 1 N–H and O–H groups in total. The van der Waals surface area contributed by atoms with Crippen LogP contribution in [-0.4, -0.2) is 19.5 Å². The standard InChI is InChI=1S/C10H5Cl3N2O3/c11-10(12,13)9(16)7-4-14-8-2-1-5(15(17)18)3-6(7)8/h1-4,14H. The molecule has 0 aliphatic rings. The highest BCUT2D eigenvalue weighted by molar-refractivity contribution is 6.77. The Morgan fingerprint density at radius 3 is 2.56 bits per heavy atom. The number of Topliss-reactive ketones (excluding diaryl/α,β-unsaturated/α-hetero) is 1. The van der Waals surface area contributed by atoms with Gasteiger partial charge in [-0.2, -0.15) is 0 Å². The van der Waals surface area contributed by atoms with Gasteiger partial charge in [-0.1, -0.05) is 34.8 Å². The summed E-state index contributed by atoms with van der Waals surface area (Å²) in [5.74, 6) is -0.737. The molecule has 0 amide bonds. The lowest BCUT2D eigenvalue weighted by atomic mass is 10.1. The van der Waals surface area contributed by atoms with Gasteiger partial charge in [-0.15, -0.1) is 0 Å². The van der Waals surface area contributed by atoms with E-state index in [4.69, 9.17) is 34.8 Å². The van der Waals surface area contributed by atoms with Gasteiger partial charge in [0.2, 0.25) is 5.78 Å². The van der Waals surface area contributed by atoms with Crippen LogP contribution in [0.15, 0.2) is 24.4 Å². The Bertz CT molecular complexity index is 645. The number of nitro groups is 1. The molecule has 5 nitrogen and oxygen atoms in total. The fraction of sp³-hybridized carbons (Fsp3) is 0.100. The van der Waals surface area contributed by atoms with Crippen LogP contribution in [0, 0.1) is 10.1 Å². The van der Waals surface area contributed by atoms with Crippen LogP contribution in [0.3, 0.4) is 0 Å². The summed E-state index contributed by atoms with van der Waals surface area (Å²) in [5, 5.41) is 11.0. The highest BCUT2D eigenvalue weighted by atomic mass is 35.6. The summed E-state index contributed by atoms with van der Waals surface area (Å²) in [5.41, 5.74) is 0.521. The number of carbonyl (C=O) groups excluding carboxylic acids is 1. The van der Waals surface area contributed by atoms with Crippen LogP contribution >= 0.6 is 34.8 Å². The average Bonchev–Trinajstić information content (AvgIpc) is 2.68. The number of nitrogens with zero attached hydrogens (tertiary/aromatic N) is 1. The SMILES string of the molecule is O=C(c1c[nH]c2ccc([N+](=O)[O-])cc12)C(Cl)(Cl)Cl. The normalized spacial score (nSPS) is 11.7. The number of aromatic nitrogens is 1. The Kier molecular flexibility index (Phi) is 3.23. The molecule has 0 aliphatic carbocycles. The van der Waals surface area contributed by atoms with Gasteiger partial charge < -0.3 is 4.98 Å². The van der Waals surface area contributed by atoms with Crippen LogP contribution < -0.4 is 0 Å². The number of alkyl halides is 3. The number of rotatable bonds is 2. The molecule has 0 fully saturated rings. The molecule has 1 aromatic carbocycles. The van der Waals surface area contributed by atoms with E-state index < -0.39 is 14.5 Å². The number of nitro benzene ring substituents is 1. The zero-order chi connectivity index (χ0) is 13.5. The van der Waals surface area contributed by atoms with E-state index in [2.05, 4.69) is 4.98 Å². The number of hydrogen-bond acceptors (Lipinski definition) is 3. The summed E-state index contributed by atoms with van der Waals surface area (Å²) in [4.78, 5) is 24.7. The fourth-order valence-electron chi connectivity index (χ4n) is 1.56. The third-order valence-corrected chi connectivity index (χ3v) is 2.89. The smallest absolute Gasteiger partial charge is 0.270 e. The van der Waals surface area contributed by atoms with Crippen LogP contribution in [0.2, 0.25) is 0 Å². The Labute approximate surface area is 116 Å². The second kappa shape index (κ2) is 4.42. The molecule has 0 spiro atoms. The van der Waals surface area contributed by atoms with Gasteiger partial charge in [0, 0.05) is 34.8 Å². The first-order chi connectivity index (χ1) is 8.30. The minimum atomic E-state index is -2.10. The van der Waals surface area contributed by atoms with E-state index in [1.54, 1.807) is 0 Å². The van der Waals surface area contributed by atoms with Gasteiger partial charge >= 0.3 is 0 Å². The summed E-state index contributed by atoms with van der Waals surface area (Å²) < 4.78 is -2.10. The van der Waals surface area contributed by atoms with Crippen molar-refractivity contribution in [1.29, 1.82) is 0 Å². The monoisotopic (exact) mass is 306 g/mol. The zero-order valence-electron chi connectivity index (χ0n) is 8.62. The molecule has 0 bridgehead atoms. The van der Waals surface area contributed by atoms with Gasteiger partial charge in [-0.25, -0.2) is 0 Å². The van der Waals surface area contributed by atoms with Gasteiger partial charge in [0.05, 0.1) is 4.92 Å². The van der Waals surface area contributed by atoms with Crippen molar-refractivity contribution < 1.29 is 9.72 Å². The maximum atomic E-state index is 11.8. The molecule has 0 radical (unpaired) electrons. The van der Waals surface area contributed by atoms with Gasteiger partial charge in [-0.05, 0) is 6.07 Å². The number of ketones is 1. The third kappa shape index (κ3) is 2.29. The van der Waals surface area contributed by atoms with E-state index in [1.807, 2.05) is 0 Å². The zero-order valence-corrected chi connectivity index (χ0v) is 10.9. The van der Waals surface area contributed by atoms with Crippen molar-refractivity contribution in [2.75, 3.05) is 0 Å². The predicted octanol–water partition coefficient (Wildman–Crippen LogP) is 3.63. The van der Waals surface area contributed by atoms with Crippen molar-refractivity contribution in [3.05, 3.63) is 40.1 Å². The Balaban J connectivity index is 2.62. The maximum absolute atomic E-state index is 11.8. The second-order valence-electron chi connectivity index (χ2n) is 3.52. The molecule has 8 heteroatoms. The Morgan fingerprint density at radius 2 is 2.00 bits per heavy atom. The first-order valence-electron chi connectivity index (χ1n) is 4.68. The number of non-ortho nitro benzene ring substituents is 1. The van der Waals surface area contributed by atoms with Gasteiger partial charge in [-0.3, -0.25) is 14.9 Å². The predicted molar refractivity (Wildman–Crippen MR) is 69.6 cm³/mol. The van der Waals surface area contributed by atoms with Crippen LogP contribution in [-0.2, 0) is 0 Å². The van der Waals surface area contributed by atoms with Crippen molar-refractivity contribution >= 4 is 57.2 Å². The van der Waals surface area contributed by atoms with Crippen LogP contribution in [0.1, 0.15) is 10.4 Å². The lowest BCUT2D eigenvalue weighted by molar-refractivity contribution is -0.384. The van der Waals surface area contributed by atoms with Crippen molar-refractivity contribution in [2.24, 2.45) is 0 Å². The Morgan fingerprint density at radius 1 is 1.33 bits per heavy atom. The number of nitrogens with one attached hydrogen (secondary N) is 1. The number of benzene rings is 1. The summed E-state index contributed by atoms with van der Waals surface area (Å²) in [6.45, 7) is 0. The highest BCUT2D eigenvalue weighted by Crippen LogP contribution is 2.33. The summed E-state index contributed by atoms with van der Waals surface area (Å²) in [6.07, 6.45) is 1.36. The first-order valence-corrected chi connectivity index (χ1v) is 5.81. The molecule has 18 heavy (non-hydrogen) atoms. The summed E-state index contributed by atoms with van der Waals surface area (Å²) in [6, 6.07) is 4.07. The van der Waals surface area contributed by atoms with Gasteiger partial charge in [0.25, 0.3) is 9.48 Å². The molecule has 1 heterocycles. The molecule has 2 aromatic rings. The first kappa shape index (κ1) is 13.1. The lowest BCUT2D eigenvalue weighted by Crippen LogP contribution is -2.18. The minimum Gasteiger partial charge on any atom is -0.360 e. The molecule has 1 aromatic heterocycles. The molecule has 0 unspecified atom stereocenters. The van der Waals surface area contributed by atoms with Crippen LogP contribution in [0.4, 0.5) is 5.69 Å². The fourth-order valence-corrected chi connectivity index (χ4v) is 1.87. The van der Waals surface area contributed by atoms with E-state index in [9.17, 15) is 14.9 Å². The summed E-state index contributed by atoms with van der Waals surface area (Å²) >= 11 is 16.5. The van der Waals surface area contributed by atoms with Gasteiger partial charge in [0.1, 0.15) is 0 Å². The number of aromatic amines is 1. The molecule has 0 saturated carbocycles. The lowest BCUT2D eigenvalue weighted by Gasteiger charge is -2.07. The second-order valence-corrected chi connectivity index (χ2v) is 5.80. The number of H-pyrrole nitrogens is 1. The largest absolute Gasteiger partial charge is 0.360 e. The number of halogens is 3. The quantitative estimate of drug-likeness (QED) is 0.398. The van der Waals surface area contributed by atoms with Crippen molar-refractivity contribution in [2.45, 2.75) is 3.79 Å². The summed E-state index contributed by atoms with van der Waals surface area (Å²) in [7, 11) is 0. The topological polar surface area (TPSA) is 76.0 Å². The number of fused-ring (bicyclic) bond motifs is 1. The van der Waals surface area contributed by atoms with E-state index in [1.165, 1.54) is 24.4 Å². The van der Waals surface area contributed by atoms with E-state index in [-0.39, 0.29) is 11.3 Å². The highest BCUT2D eigenvalue weighted by Gasteiger charge is 2.33. The maximum Gasteiger partial charge on any atom is 0.270 e. The minimum absolute atomic E-state index is 0.105. The van der Waals surface area contributed by atoms with E-state index in [0.717, 1.165) is 0 Å². The van der Waals surface area contributed by atoms with E-state index >= 15 is 0 Å². The number of carbonyl (C=O) groups is 1. The van der Waals surface area contributed by atoms with Crippen molar-refractivity contribution in [3.8, 4) is 0 Å². The van der Waals surface area contributed by atoms with Crippen LogP contribution in [0.5, 0.6) is 0 Å². The van der Waals surface area contributed by atoms with Crippen molar-refractivity contribution in [3.63, 3.8) is 0 Å². The third-order valence-electron chi connectivity index (χ3n) is 2.38. The van der Waals surface area contributed by atoms with Crippen molar-refractivity contribution in [1.82, 2.24) is 4.98 Å². The van der Waals surface area contributed by atoms with E-state index in [0.29, 0.717) is 10.9 Å². The molecule has 2 rings (SSSR count). The van der Waals surface area contributed by atoms with Crippen LogP contribution in [0.25, 0.3) is 10.9 Å².